The maximum atomic E-state index is 11.1. The van der Waals surface area contributed by atoms with E-state index < -0.39 is 26.4 Å². The molecule has 0 N–H and O–H groups in total. The Labute approximate surface area is 290 Å². The number of ether oxygens (including phenoxy) is 3. The van der Waals surface area contributed by atoms with Crippen LogP contribution in [0.5, 0.6) is 0 Å². The molecule has 48 heavy (non-hydrogen) atoms. The molecule has 0 aromatic heterocycles. The fourth-order valence-corrected chi connectivity index (χ4v) is 8.47. The monoisotopic (exact) mass is 744 g/mol. The number of carbonyl (C=O) groups is 3. The smallest absolute Gasteiger partial charge is 0.462 e. The van der Waals surface area contributed by atoms with Crippen LogP contribution in [0.4, 0.5) is 0 Å². The van der Waals surface area contributed by atoms with Gasteiger partial charge >= 0.3 is 44.3 Å². The molecule has 282 valence electrons. The predicted octanol–water partition coefficient (Wildman–Crippen LogP) is 4.12. The van der Waals surface area contributed by atoms with Crippen molar-refractivity contribution in [2.24, 2.45) is 0 Å². The molecule has 15 nitrogen and oxygen atoms in total. The van der Waals surface area contributed by atoms with Crippen LogP contribution in [-0.2, 0) is 68.4 Å². The van der Waals surface area contributed by atoms with E-state index in [4.69, 9.17) is 54.0 Å². The molecule has 0 saturated heterocycles. The zero-order chi connectivity index (χ0) is 37.8. The van der Waals surface area contributed by atoms with Gasteiger partial charge in [0.05, 0.1) is 19.8 Å². The van der Waals surface area contributed by atoms with Crippen LogP contribution in [0.1, 0.15) is 40.0 Å². The van der Waals surface area contributed by atoms with Gasteiger partial charge in [-0.15, -0.1) is 0 Å². The van der Waals surface area contributed by atoms with Gasteiger partial charge in [0, 0.05) is 98.8 Å². The minimum Gasteiger partial charge on any atom is -0.462 e. The maximum Gasteiger partial charge on any atom is 0.500 e. The molecule has 0 heterocycles. The third-order valence-corrected chi connectivity index (χ3v) is 14.9. The van der Waals surface area contributed by atoms with Gasteiger partial charge in [0.25, 0.3) is 0 Å². The quantitative estimate of drug-likeness (QED) is 0.0456. The van der Waals surface area contributed by atoms with Crippen molar-refractivity contribution in [1.82, 2.24) is 0 Å². The van der Waals surface area contributed by atoms with Crippen LogP contribution in [0, 0.1) is 0 Å². The molecule has 0 rings (SSSR count). The summed E-state index contributed by atoms with van der Waals surface area (Å²) in [5, 5.41) is 0. The summed E-state index contributed by atoms with van der Waals surface area (Å²) in [5.41, 5.74) is 1.19. The van der Waals surface area contributed by atoms with E-state index in [9.17, 15) is 14.4 Å². The summed E-state index contributed by atoms with van der Waals surface area (Å²) in [4.78, 5) is 33.2. The van der Waals surface area contributed by atoms with E-state index in [1.165, 1.54) is 0 Å². The lowest BCUT2D eigenvalue weighted by Crippen LogP contribution is -2.42. The van der Waals surface area contributed by atoms with E-state index >= 15 is 0 Å². The first-order valence-electron chi connectivity index (χ1n) is 15.0. The summed E-state index contributed by atoms with van der Waals surface area (Å²) in [6, 6.07) is 1.83. The van der Waals surface area contributed by atoms with Crippen molar-refractivity contribution in [2.75, 3.05) is 83.8 Å². The van der Waals surface area contributed by atoms with Gasteiger partial charge in [0.1, 0.15) is 0 Å². The van der Waals surface area contributed by atoms with Crippen molar-refractivity contribution in [3.05, 3.63) is 36.5 Å². The number of esters is 3. The van der Waals surface area contributed by atoms with Crippen LogP contribution in [0.3, 0.4) is 0 Å². The Balaban J connectivity index is -0.000000633. The third kappa shape index (κ3) is 21.8. The Morgan fingerprint density at radius 3 is 0.688 bits per heavy atom. The molecule has 0 amide bonds. The lowest BCUT2D eigenvalue weighted by atomic mass is 10.4. The zero-order valence-electron chi connectivity index (χ0n) is 31.1. The first-order chi connectivity index (χ1) is 22.5. The number of hydrogen-bond acceptors (Lipinski definition) is 15. The molecule has 0 spiro atoms. The molecule has 0 radical (unpaired) electrons. The fourth-order valence-electron chi connectivity index (χ4n) is 3.40. The van der Waals surface area contributed by atoms with E-state index in [0.29, 0.717) is 73.9 Å². The Kier molecular flexibility index (Phi) is 30.1. The van der Waals surface area contributed by atoms with E-state index in [1.807, 2.05) is 0 Å². The third-order valence-electron chi connectivity index (χ3n) is 6.43. The molecule has 0 aromatic rings. The standard InChI is InChI=1S/3C10H20O5Si/c3*1-9(2)10(11)15-7-6-8-16(12-3,13-4)14-5/h3*1,6-8H2,2-5H3. The molecule has 0 aliphatic heterocycles. The van der Waals surface area contributed by atoms with Gasteiger partial charge in [-0.2, -0.15) is 0 Å². The maximum absolute atomic E-state index is 11.1. The minimum atomic E-state index is -2.53. The highest BCUT2D eigenvalue weighted by Gasteiger charge is 2.38. The Morgan fingerprint density at radius 2 is 0.562 bits per heavy atom. The minimum absolute atomic E-state index is 0.316. The predicted molar refractivity (Wildman–Crippen MR) is 186 cm³/mol. The summed E-state index contributed by atoms with van der Waals surface area (Å²) in [6.07, 6.45) is 1.92. The molecule has 18 heteroatoms. The fraction of sp³-hybridized carbons (Fsp3) is 0.700. The van der Waals surface area contributed by atoms with Crippen molar-refractivity contribution in [3.63, 3.8) is 0 Å². The average Bonchev–Trinajstić information content (AvgIpc) is 3.09. The van der Waals surface area contributed by atoms with E-state index in [-0.39, 0.29) is 17.9 Å². The highest BCUT2D eigenvalue weighted by atomic mass is 28.4. The van der Waals surface area contributed by atoms with Gasteiger partial charge in [-0.3, -0.25) is 0 Å². The van der Waals surface area contributed by atoms with Gasteiger partial charge in [-0.05, 0) is 40.0 Å². The van der Waals surface area contributed by atoms with Crippen LogP contribution < -0.4 is 0 Å². The lowest BCUT2D eigenvalue weighted by molar-refractivity contribution is -0.139. The molecule has 0 aliphatic carbocycles. The summed E-state index contributed by atoms with van der Waals surface area (Å²) < 4.78 is 61.9. The second-order valence-corrected chi connectivity index (χ2v) is 19.2. The summed E-state index contributed by atoms with van der Waals surface area (Å²) >= 11 is 0. The number of hydrogen-bond donors (Lipinski definition) is 0. The first kappa shape index (κ1) is 50.3. The molecular formula is C30H60O15Si3. The van der Waals surface area contributed by atoms with Crippen LogP contribution >= 0.6 is 0 Å². The van der Waals surface area contributed by atoms with Crippen molar-refractivity contribution >= 4 is 44.3 Å². The average molecular weight is 745 g/mol. The van der Waals surface area contributed by atoms with Crippen LogP contribution in [-0.4, -0.2) is 128 Å². The largest absolute Gasteiger partial charge is 0.500 e. The highest BCUT2D eigenvalue weighted by molar-refractivity contribution is 6.61. The van der Waals surface area contributed by atoms with E-state index in [1.54, 1.807) is 84.8 Å². The Morgan fingerprint density at radius 1 is 0.396 bits per heavy atom. The Bertz CT molecular complexity index is 806. The topological polar surface area (TPSA) is 162 Å². The molecule has 0 aromatic carbocycles. The number of carbonyl (C=O) groups excluding carboxylic acids is 3. The summed E-state index contributed by atoms with van der Waals surface area (Å²) in [7, 11) is 6.40. The summed E-state index contributed by atoms with van der Waals surface area (Å²) in [5.74, 6) is -1.13. The van der Waals surface area contributed by atoms with Gasteiger partial charge < -0.3 is 54.0 Å². The van der Waals surface area contributed by atoms with Crippen LogP contribution in [0.2, 0.25) is 18.1 Å². The van der Waals surface area contributed by atoms with Gasteiger partial charge in [0.15, 0.2) is 0 Å². The Hall–Kier alpha value is -2.08. The van der Waals surface area contributed by atoms with E-state index in [0.717, 1.165) is 0 Å². The molecule has 0 atom stereocenters. The lowest BCUT2D eigenvalue weighted by Gasteiger charge is -2.24. The van der Waals surface area contributed by atoms with Crippen LogP contribution in [0.25, 0.3) is 0 Å². The van der Waals surface area contributed by atoms with Gasteiger partial charge in [0.2, 0.25) is 0 Å². The zero-order valence-corrected chi connectivity index (χ0v) is 34.1. The van der Waals surface area contributed by atoms with Gasteiger partial charge in [-0.1, -0.05) is 19.7 Å². The first-order valence-corrected chi connectivity index (χ1v) is 20.8. The molecule has 0 unspecified atom stereocenters. The molecule has 0 aliphatic rings. The van der Waals surface area contributed by atoms with Crippen molar-refractivity contribution in [1.29, 1.82) is 0 Å². The van der Waals surface area contributed by atoms with Crippen molar-refractivity contribution in [3.8, 4) is 0 Å². The molecule has 0 saturated carbocycles. The van der Waals surface area contributed by atoms with Gasteiger partial charge in [-0.25, -0.2) is 14.4 Å². The van der Waals surface area contributed by atoms with Crippen molar-refractivity contribution < 1.29 is 68.4 Å². The van der Waals surface area contributed by atoms with E-state index in [2.05, 4.69) is 19.7 Å². The normalized spacial score (nSPS) is 11.2. The second-order valence-electron chi connectivity index (χ2n) is 9.95. The second kappa shape index (κ2) is 28.7. The molecular weight excluding hydrogens is 685 g/mol. The molecule has 0 bridgehead atoms. The summed E-state index contributed by atoms with van der Waals surface area (Å²) in [6.45, 7) is 16.3. The van der Waals surface area contributed by atoms with Crippen LogP contribution in [0.15, 0.2) is 36.5 Å². The number of rotatable bonds is 24. The van der Waals surface area contributed by atoms with Crippen molar-refractivity contribution in [2.45, 2.75) is 58.2 Å². The SMILES string of the molecule is C=C(C)C(=O)OCCC[Si](OC)(OC)OC.C=C(C)C(=O)OCCC[Si](OC)(OC)OC.C=C(C)C(=O)OCCC[Si](OC)(OC)OC. The highest BCUT2D eigenvalue weighted by Crippen LogP contribution is 2.17. The molecule has 0 fully saturated rings.